The number of hydrogen-bond donors (Lipinski definition) is 1. The van der Waals surface area contributed by atoms with Crippen LogP contribution in [0.25, 0.3) is 10.8 Å². The van der Waals surface area contributed by atoms with Crippen molar-refractivity contribution in [1.29, 1.82) is 5.26 Å². The van der Waals surface area contributed by atoms with E-state index in [1.54, 1.807) is 12.1 Å². The summed E-state index contributed by atoms with van der Waals surface area (Å²) in [4.78, 5) is 14.7. The van der Waals surface area contributed by atoms with Crippen LogP contribution in [0.4, 0.5) is 0 Å². The van der Waals surface area contributed by atoms with E-state index >= 15 is 0 Å². The molecule has 1 aromatic carbocycles. The SMILES string of the molecule is CCC1=CC(C#N)=CC2=C(CCN2S(=O)(=O)c2cccc3c(=O)[nH]cc(Cl)c23)C1. The Balaban J connectivity index is 1.90. The number of pyridine rings is 1. The van der Waals surface area contributed by atoms with Gasteiger partial charge in [-0.1, -0.05) is 30.2 Å². The van der Waals surface area contributed by atoms with Gasteiger partial charge in [-0.15, -0.1) is 0 Å². The molecule has 2 heterocycles. The van der Waals surface area contributed by atoms with E-state index in [-0.39, 0.29) is 27.2 Å². The van der Waals surface area contributed by atoms with E-state index in [1.165, 1.54) is 22.6 Å². The van der Waals surface area contributed by atoms with Crippen LogP contribution in [0.5, 0.6) is 0 Å². The lowest BCUT2D eigenvalue weighted by Gasteiger charge is -2.22. The number of benzene rings is 1. The van der Waals surface area contributed by atoms with Gasteiger partial charge in [-0.2, -0.15) is 5.26 Å². The van der Waals surface area contributed by atoms with E-state index in [2.05, 4.69) is 11.1 Å². The third kappa shape index (κ3) is 3.18. The molecule has 0 radical (unpaired) electrons. The highest BCUT2D eigenvalue weighted by Gasteiger charge is 2.34. The lowest BCUT2D eigenvalue weighted by Crippen LogP contribution is -2.28. The molecule has 0 saturated carbocycles. The zero-order valence-corrected chi connectivity index (χ0v) is 17.3. The molecule has 2 aromatic rings. The number of rotatable bonds is 3. The quantitative estimate of drug-likeness (QED) is 0.800. The highest BCUT2D eigenvalue weighted by Crippen LogP contribution is 2.38. The molecule has 1 aliphatic heterocycles. The molecule has 8 heteroatoms. The van der Waals surface area contributed by atoms with Crippen LogP contribution in [0.15, 0.2) is 68.7 Å². The van der Waals surface area contributed by atoms with Crippen molar-refractivity contribution in [2.75, 3.05) is 6.54 Å². The lowest BCUT2D eigenvalue weighted by molar-refractivity contribution is 0.507. The molecule has 1 aliphatic carbocycles. The van der Waals surface area contributed by atoms with Gasteiger partial charge in [0.05, 0.1) is 27.3 Å². The van der Waals surface area contributed by atoms with Crippen LogP contribution in [0.2, 0.25) is 5.02 Å². The third-order valence-corrected chi connectivity index (χ3v) is 7.48. The van der Waals surface area contributed by atoms with E-state index < -0.39 is 15.6 Å². The summed E-state index contributed by atoms with van der Waals surface area (Å²) in [5.74, 6) is 0. The number of halogens is 1. The first-order chi connectivity index (χ1) is 13.9. The van der Waals surface area contributed by atoms with Crippen LogP contribution in [0, 0.1) is 11.3 Å². The van der Waals surface area contributed by atoms with Crippen LogP contribution < -0.4 is 5.56 Å². The number of hydrogen-bond acceptors (Lipinski definition) is 4. The van der Waals surface area contributed by atoms with E-state index in [4.69, 9.17) is 11.6 Å². The first-order valence-corrected chi connectivity index (χ1v) is 11.0. The normalized spacial score (nSPS) is 16.9. The lowest BCUT2D eigenvalue weighted by atomic mass is 10.0. The fourth-order valence-electron chi connectivity index (χ4n) is 3.87. The maximum atomic E-state index is 13.6. The highest BCUT2D eigenvalue weighted by atomic mass is 35.5. The van der Waals surface area contributed by atoms with Gasteiger partial charge in [0.15, 0.2) is 0 Å². The molecule has 0 atom stereocenters. The largest absolute Gasteiger partial charge is 0.327 e. The van der Waals surface area contributed by atoms with Crippen molar-refractivity contribution in [2.45, 2.75) is 31.1 Å². The Morgan fingerprint density at radius 1 is 1.31 bits per heavy atom. The Kier molecular flexibility index (Phi) is 4.85. The third-order valence-electron chi connectivity index (χ3n) is 5.33. The number of nitrogens with one attached hydrogen (secondary N) is 1. The van der Waals surface area contributed by atoms with Gasteiger partial charge < -0.3 is 4.98 Å². The van der Waals surface area contributed by atoms with Crippen LogP contribution in [-0.2, 0) is 10.0 Å². The first-order valence-electron chi connectivity index (χ1n) is 9.22. The molecule has 0 bridgehead atoms. The van der Waals surface area contributed by atoms with Crippen molar-refractivity contribution in [2.24, 2.45) is 0 Å². The molecule has 29 heavy (non-hydrogen) atoms. The van der Waals surface area contributed by atoms with Crippen LogP contribution >= 0.6 is 11.6 Å². The Labute approximate surface area is 173 Å². The van der Waals surface area contributed by atoms with Gasteiger partial charge in [-0.3, -0.25) is 9.10 Å². The molecule has 0 fully saturated rings. The average Bonchev–Trinajstić information content (AvgIpc) is 3.02. The second-order valence-corrected chi connectivity index (χ2v) is 9.24. The van der Waals surface area contributed by atoms with Crippen molar-refractivity contribution in [3.63, 3.8) is 0 Å². The van der Waals surface area contributed by atoms with Crippen LogP contribution in [0.3, 0.4) is 0 Å². The summed E-state index contributed by atoms with van der Waals surface area (Å²) in [5, 5.41) is 10.0. The van der Waals surface area contributed by atoms with Gasteiger partial charge >= 0.3 is 0 Å². The number of nitriles is 1. The second-order valence-electron chi connectivity index (χ2n) is 7.00. The number of aromatic amines is 1. The molecule has 0 saturated heterocycles. The van der Waals surface area contributed by atoms with E-state index in [9.17, 15) is 18.5 Å². The summed E-state index contributed by atoms with van der Waals surface area (Å²) in [7, 11) is -3.99. The minimum absolute atomic E-state index is 0.0142. The summed E-state index contributed by atoms with van der Waals surface area (Å²) in [6, 6.07) is 6.68. The Morgan fingerprint density at radius 2 is 2.10 bits per heavy atom. The summed E-state index contributed by atoms with van der Waals surface area (Å²) >= 11 is 6.27. The molecule has 1 N–H and O–H groups in total. The van der Waals surface area contributed by atoms with Gasteiger partial charge in [0, 0.05) is 23.5 Å². The molecule has 4 rings (SSSR count). The molecule has 1 aromatic heterocycles. The van der Waals surface area contributed by atoms with E-state index in [1.807, 2.05) is 13.0 Å². The van der Waals surface area contributed by atoms with Gasteiger partial charge in [-0.25, -0.2) is 8.42 Å². The van der Waals surface area contributed by atoms with Crippen molar-refractivity contribution in [3.8, 4) is 6.07 Å². The maximum Gasteiger partial charge on any atom is 0.265 e. The highest BCUT2D eigenvalue weighted by molar-refractivity contribution is 7.89. The Morgan fingerprint density at radius 3 is 2.83 bits per heavy atom. The minimum Gasteiger partial charge on any atom is -0.327 e. The molecule has 0 unspecified atom stereocenters. The molecule has 0 spiro atoms. The fourth-order valence-corrected chi connectivity index (χ4v) is 5.92. The zero-order chi connectivity index (χ0) is 20.8. The number of allylic oxidation sites excluding steroid dienone is 4. The average molecular weight is 428 g/mol. The van der Waals surface area contributed by atoms with E-state index in [0.717, 1.165) is 17.6 Å². The predicted octanol–water partition coefficient (Wildman–Crippen LogP) is 4.02. The first kappa shape index (κ1) is 19.5. The van der Waals surface area contributed by atoms with Crippen LogP contribution in [-0.4, -0.2) is 24.3 Å². The monoisotopic (exact) mass is 427 g/mol. The molecule has 2 aliphatic rings. The van der Waals surface area contributed by atoms with Crippen LogP contribution in [0.1, 0.15) is 26.2 Å². The summed E-state index contributed by atoms with van der Waals surface area (Å²) in [6.07, 6.45) is 6.82. The Hall–Kier alpha value is -2.82. The molecular formula is C21H18ClN3O3S. The number of nitrogens with zero attached hydrogens (tertiary/aromatic N) is 2. The van der Waals surface area contributed by atoms with Crippen molar-refractivity contribution in [3.05, 3.63) is 74.3 Å². The molecule has 148 valence electrons. The smallest absolute Gasteiger partial charge is 0.265 e. The van der Waals surface area contributed by atoms with Gasteiger partial charge in [0.2, 0.25) is 0 Å². The molecule has 6 nitrogen and oxygen atoms in total. The zero-order valence-electron chi connectivity index (χ0n) is 15.7. The fraction of sp³-hybridized carbons (Fsp3) is 0.238. The molecule has 0 amide bonds. The standard InChI is InChI=1S/C21H18ClN3O3S/c1-2-13-8-14(11-23)10-18-15(9-13)6-7-25(18)29(27,28)19-5-3-4-16-20(19)17(22)12-24-21(16)26/h3-5,8,10,12H,2,6-7,9H2,1H3,(H,24,26). The van der Waals surface area contributed by atoms with Gasteiger partial charge in [0.25, 0.3) is 15.6 Å². The van der Waals surface area contributed by atoms with Gasteiger partial charge in [-0.05, 0) is 49.1 Å². The van der Waals surface area contributed by atoms with E-state index in [0.29, 0.717) is 24.1 Å². The number of H-pyrrole nitrogens is 1. The van der Waals surface area contributed by atoms with Crippen molar-refractivity contribution < 1.29 is 8.42 Å². The summed E-state index contributed by atoms with van der Waals surface area (Å²) in [5.41, 5.74) is 2.67. The summed E-state index contributed by atoms with van der Waals surface area (Å²) < 4.78 is 28.6. The van der Waals surface area contributed by atoms with Crippen molar-refractivity contribution in [1.82, 2.24) is 9.29 Å². The van der Waals surface area contributed by atoms with Gasteiger partial charge in [0.1, 0.15) is 0 Å². The summed E-state index contributed by atoms with van der Waals surface area (Å²) in [6.45, 7) is 2.31. The maximum absolute atomic E-state index is 13.6. The number of sulfonamides is 1. The number of aromatic nitrogens is 1. The second kappa shape index (κ2) is 7.21. The number of fused-ring (bicyclic) bond motifs is 1. The van der Waals surface area contributed by atoms with Crippen molar-refractivity contribution >= 4 is 32.4 Å². The Bertz CT molecular complexity index is 1330. The topological polar surface area (TPSA) is 94.0 Å². The molecular weight excluding hydrogens is 410 g/mol. The minimum atomic E-state index is -3.99. The predicted molar refractivity (Wildman–Crippen MR) is 112 cm³/mol.